The maximum atomic E-state index is 12.9. The molecule has 1 amide bonds. The topological polar surface area (TPSA) is 114 Å². The third-order valence-corrected chi connectivity index (χ3v) is 5.68. The van der Waals surface area contributed by atoms with Gasteiger partial charge in [-0.25, -0.2) is 9.10 Å². The molecule has 0 bridgehead atoms. The van der Waals surface area contributed by atoms with Gasteiger partial charge in [0.2, 0.25) is 0 Å². The van der Waals surface area contributed by atoms with Crippen LogP contribution in [0.3, 0.4) is 0 Å². The predicted octanol–water partition coefficient (Wildman–Crippen LogP) is 1.98. The molecular formula is C20H19N3O6S. The van der Waals surface area contributed by atoms with Crippen LogP contribution in [0.1, 0.15) is 15.9 Å². The summed E-state index contributed by atoms with van der Waals surface area (Å²) in [7, 11) is -0.267. The van der Waals surface area contributed by atoms with Crippen LogP contribution >= 0.6 is 0 Å². The molecule has 9 nitrogen and oxygen atoms in total. The van der Waals surface area contributed by atoms with Crippen molar-refractivity contribution < 1.29 is 27.5 Å². The average Bonchev–Trinajstić information content (AvgIpc) is 2.75. The monoisotopic (exact) mass is 429 g/mol. The highest BCUT2D eigenvalue weighted by molar-refractivity contribution is 7.88. The number of esters is 1. The van der Waals surface area contributed by atoms with E-state index in [0.717, 1.165) is 4.31 Å². The molecule has 2 aromatic rings. The van der Waals surface area contributed by atoms with Gasteiger partial charge >= 0.3 is 16.2 Å². The molecule has 3 rings (SSSR count). The summed E-state index contributed by atoms with van der Waals surface area (Å²) >= 11 is 0. The highest BCUT2D eigenvalue weighted by atomic mass is 32.2. The van der Waals surface area contributed by atoms with Gasteiger partial charge < -0.3 is 14.8 Å². The molecule has 0 saturated heterocycles. The number of allylic oxidation sites excluding steroid dienone is 1. The van der Waals surface area contributed by atoms with Crippen molar-refractivity contribution in [3.8, 4) is 5.75 Å². The Balaban J connectivity index is 2.02. The number of hydrogen-bond donors (Lipinski definition) is 1. The summed E-state index contributed by atoms with van der Waals surface area (Å²) in [5.41, 5.74) is 0.607. The number of hydrogen-bond acceptors (Lipinski definition) is 6. The minimum Gasteiger partial charge on any atom is -0.496 e. The van der Waals surface area contributed by atoms with Gasteiger partial charge in [-0.05, 0) is 30.3 Å². The molecule has 0 spiro atoms. The van der Waals surface area contributed by atoms with Crippen molar-refractivity contribution in [2.75, 3.05) is 26.6 Å². The number of ether oxygens (including phenoxy) is 2. The van der Waals surface area contributed by atoms with Crippen LogP contribution in [0.25, 0.3) is 0 Å². The third-order valence-electron chi connectivity index (χ3n) is 4.37. The smallest absolute Gasteiger partial charge is 0.345 e. The van der Waals surface area contributed by atoms with Crippen LogP contribution in [0.5, 0.6) is 5.75 Å². The van der Waals surface area contributed by atoms with E-state index < -0.39 is 22.1 Å². The lowest BCUT2D eigenvalue weighted by Gasteiger charge is -2.24. The van der Waals surface area contributed by atoms with E-state index in [1.54, 1.807) is 36.4 Å². The molecule has 0 radical (unpaired) electrons. The molecule has 1 aliphatic rings. The van der Waals surface area contributed by atoms with Crippen LogP contribution < -0.4 is 10.1 Å². The van der Waals surface area contributed by atoms with E-state index in [1.165, 1.54) is 39.5 Å². The molecule has 1 N–H and O–H groups in total. The number of nitrogens with zero attached hydrogens (tertiary/aromatic N) is 2. The number of amides is 1. The number of rotatable bonds is 5. The summed E-state index contributed by atoms with van der Waals surface area (Å²) in [5.74, 6) is -0.969. The number of likely N-dealkylation sites (N-methyl/N-ethyl adjacent to an activating group) is 1. The number of methoxy groups -OCH3 is 2. The summed E-state index contributed by atoms with van der Waals surface area (Å²) in [6, 6.07) is 13.0. The fraction of sp³-hybridized carbons (Fsp3) is 0.150. The second kappa shape index (κ2) is 8.37. The SMILES string of the molecule is COC(=O)c1ccccc1NC(=O)C1=CC(c2ccccc2OC)=NS(=O)(=O)N1C. The van der Waals surface area contributed by atoms with Crippen LogP contribution in [0.4, 0.5) is 5.69 Å². The molecule has 0 unspecified atom stereocenters. The number of para-hydroxylation sites is 2. The lowest BCUT2D eigenvalue weighted by molar-refractivity contribution is -0.113. The maximum absolute atomic E-state index is 12.9. The molecule has 0 aliphatic carbocycles. The Kier molecular flexibility index (Phi) is 5.88. The van der Waals surface area contributed by atoms with Crippen molar-refractivity contribution in [1.82, 2.24) is 4.31 Å². The first-order valence-corrected chi connectivity index (χ1v) is 10.1. The van der Waals surface area contributed by atoms with Crippen molar-refractivity contribution >= 4 is 33.5 Å². The van der Waals surface area contributed by atoms with Gasteiger partial charge in [-0.1, -0.05) is 24.3 Å². The van der Waals surface area contributed by atoms with Gasteiger partial charge in [0, 0.05) is 12.6 Å². The van der Waals surface area contributed by atoms with Crippen LogP contribution in [0, 0.1) is 0 Å². The van der Waals surface area contributed by atoms with Crippen LogP contribution in [0.15, 0.2) is 64.7 Å². The zero-order chi connectivity index (χ0) is 21.9. The minimum absolute atomic E-state index is 0.0527. The number of nitrogens with one attached hydrogen (secondary N) is 1. The summed E-state index contributed by atoms with van der Waals surface area (Å²) < 4.78 is 39.6. The van der Waals surface area contributed by atoms with Crippen LogP contribution in [0.2, 0.25) is 0 Å². The first kappa shape index (κ1) is 21.1. The predicted molar refractivity (Wildman–Crippen MR) is 111 cm³/mol. The van der Waals surface area contributed by atoms with E-state index in [2.05, 4.69) is 9.71 Å². The van der Waals surface area contributed by atoms with Crippen LogP contribution in [-0.2, 0) is 19.7 Å². The molecule has 2 aromatic carbocycles. The normalized spacial score (nSPS) is 15.0. The van der Waals surface area contributed by atoms with E-state index in [4.69, 9.17) is 9.47 Å². The lowest BCUT2D eigenvalue weighted by Crippen LogP contribution is -2.36. The second-order valence-corrected chi connectivity index (χ2v) is 7.77. The Bertz CT molecular complexity index is 1170. The van der Waals surface area contributed by atoms with Gasteiger partial charge in [-0.3, -0.25) is 4.79 Å². The Morgan fingerprint density at radius 3 is 2.40 bits per heavy atom. The first-order chi connectivity index (χ1) is 14.3. The Labute approximate surface area is 173 Å². The Morgan fingerprint density at radius 2 is 1.70 bits per heavy atom. The molecule has 1 heterocycles. The van der Waals surface area contributed by atoms with E-state index in [-0.39, 0.29) is 22.7 Å². The molecule has 0 aromatic heterocycles. The summed E-state index contributed by atoms with van der Waals surface area (Å²) in [6.07, 6.45) is 1.34. The fourth-order valence-electron chi connectivity index (χ4n) is 2.81. The van der Waals surface area contributed by atoms with E-state index in [0.29, 0.717) is 11.3 Å². The molecule has 10 heteroatoms. The Morgan fingerprint density at radius 1 is 1.03 bits per heavy atom. The van der Waals surface area contributed by atoms with Crippen molar-refractivity contribution in [3.05, 3.63) is 71.4 Å². The van der Waals surface area contributed by atoms with Crippen molar-refractivity contribution in [2.24, 2.45) is 4.40 Å². The summed E-state index contributed by atoms with van der Waals surface area (Å²) in [6.45, 7) is 0. The zero-order valence-corrected chi connectivity index (χ0v) is 17.3. The number of carbonyl (C=O) groups excluding carboxylic acids is 2. The molecule has 0 saturated carbocycles. The molecule has 0 atom stereocenters. The minimum atomic E-state index is -4.16. The van der Waals surface area contributed by atoms with E-state index in [1.807, 2.05) is 0 Å². The highest BCUT2D eigenvalue weighted by Crippen LogP contribution is 2.26. The zero-order valence-electron chi connectivity index (χ0n) is 16.4. The fourth-order valence-corrected chi connectivity index (χ4v) is 3.72. The Hall–Kier alpha value is -3.66. The lowest BCUT2D eigenvalue weighted by atomic mass is 10.1. The quantitative estimate of drug-likeness (QED) is 0.727. The van der Waals surface area contributed by atoms with Crippen molar-refractivity contribution in [2.45, 2.75) is 0 Å². The molecular weight excluding hydrogens is 410 g/mol. The average molecular weight is 429 g/mol. The molecule has 0 fully saturated rings. The highest BCUT2D eigenvalue weighted by Gasteiger charge is 2.31. The molecule has 30 heavy (non-hydrogen) atoms. The summed E-state index contributed by atoms with van der Waals surface area (Å²) in [5, 5.41) is 2.56. The molecule has 156 valence electrons. The van der Waals surface area contributed by atoms with Crippen LogP contribution in [-0.4, -0.2) is 51.6 Å². The maximum Gasteiger partial charge on any atom is 0.345 e. The van der Waals surface area contributed by atoms with E-state index >= 15 is 0 Å². The van der Waals surface area contributed by atoms with Gasteiger partial charge in [0.15, 0.2) is 0 Å². The van der Waals surface area contributed by atoms with Crippen molar-refractivity contribution in [3.63, 3.8) is 0 Å². The van der Waals surface area contributed by atoms with Gasteiger partial charge in [0.05, 0.1) is 31.2 Å². The largest absolute Gasteiger partial charge is 0.496 e. The summed E-state index contributed by atoms with van der Waals surface area (Å²) in [4.78, 5) is 24.9. The first-order valence-electron chi connectivity index (χ1n) is 8.71. The number of anilines is 1. The number of carbonyl (C=O) groups is 2. The van der Waals surface area contributed by atoms with Gasteiger partial charge in [-0.15, -0.1) is 4.40 Å². The van der Waals surface area contributed by atoms with E-state index in [9.17, 15) is 18.0 Å². The third kappa shape index (κ3) is 4.03. The molecule has 1 aliphatic heterocycles. The van der Waals surface area contributed by atoms with Gasteiger partial charge in [-0.2, -0.15) is 8.42 Å². The standard InChI is InChI=1S/C20H19N3O6S/c1-23-17(19(24)21-15-10-6-4-9-14(15)20(25)29-3)12-16(22-30(23,26)27)13-8-5-7-11-18(13)28-2/h4-12H,1-3H3,(H,21,24). The van der Waals surface area contributed by atoms with Crippen molar-refractivity contribution in [1.29, 1.82) is 0 Å². The van der Waals surface area contributed by atoms with Gasteiger partial charge in [0.25, 0.3) is 5.91 Å². The number of benzene rings is 2. The van der Waals surface area contributed by atoms with Gasteiger partial charge in [0.1, 0.15) is 11.4 Å². The second-order valence-electron chi connectivity index (χ2n) is 6.14.